The third-order valence-electron chi connectivity index (χ3n) is 1.84. The Kier molecular flexibility index (Phi) is 6.40. The Morgan fingerprint density at radius 1 is 1.06 bits per heavy atom. The van der Waals surface area contributed by atoms with E-state index in [0.717, 1.165) is 0 Å². The summed E-state index contributed by atoms with van der Waals surface area (Å²) in [6.07, 6.45) is -0.124. The van der Waals surface area contributed by atoms with Crippen LogP contribution in [0.5, 0.6) is 0 Å². The number of carbonyl (C=O) groups is 2. The van der Waals surface area contributed by atoms with Gasteiger partial charge in [-0.2, -0.15) is 0 Å². The predicted molar refractivity (Wildman–Crippen MR) is 62.4 cm³/mol. The highest BCUT2D eigenvalue weighted by molar-refractivity contribution is 7.80. The van der Waals surface area contributed by atoms with Crippen molar-refractivity contribution >= 4 is 29.3 Å². The van der Waals surface area contributed by atoms with E-state index < -0.39 is 11.9 Å². The first-order valence-corrected chi connectivity index (χ1v) is 5.15. The van der Waals surface area contributed by atoms with E-state index in [0.29, 0.717) is 5.11 Å². The maximum absolute atomic E-state index is 10.4. The van der Waals surface area contributed by atoms with Crippen molar-refractivity contribution in [1.29, 1.82) is 0 Å². The minimum absolute atomic E-state index is 0.0619. The van der Waals surface area contributed by atoms with E-state index in [1.807, 2.05) is 0 Å². The monoisotopic (exact) mass is 248 g/mol. The number of hydrogen-bond donors (Lipinski definition) is 2. The molecule has 0 radical (unpaired) electrons. The molecule has 0 saturated heterocycles. The van der Waals surface area contributed by atoms with Gasteiger partial charge in [0.15, 0.2) is 5.11 Å². The molecule has 0 atom stereocenters. The molecule has 0 aliphatic heterocycles. The van der Waals surface area contributed by atoms with Crippen LogP contribution >= 0.6 is 12.2 Å². The first-order valence-electron chi connectivity index (χ1n) is 4.74. The van der Waals surface area contributed by atoms with Gasteiger partial charge in [-0.3, -0.25) is 9.59 Å². The SMILES string of the molecule is CN(C)C(=S)N(CCC(=O)O)CCC(=O)O. The lowest BCUT2D eigenvalue weighted by atomic mass is 10.3. The molecule has 0 amide bonds. The third-order valence-corrected chi connectivity index (χ3v) is 2.47. The number of hydrogen-bond acceptors (Lipinski definition) is 3. The van der Waals surface area contributed by atoms with Crippen LogP contribution < -0.4 is 0 Å². The lowest BCUT2D eigenvalue weighted by molar-refractivity contribution is -0.137. The average Bonchev–Trinajstić information content (AvgIpc) is 2.16. The van der Waals surface area contributed by atoms with Crippen LogP contribution in [-0.2, 0) is 9.59 Å². The van der Waals surface area contributed by atoms with Gasteiger partial charge in [-0.1, -0.05) is 0 Å². The van der Waals surface area contributed by atoms with Gasteiger partial charge in [0.1, 0.15) is 0 Å². The summed E-state index contributed by atoms with van der Waals surface area (Å²) < 4.78 is 0. The molecule has 6 nitrogen and oxygen atoms in total. The maximum Gasteiger partial charge on any atom is 0.305 e. The van der Waals surface area contributed by atoms with Crippen LogP contribution in [0.4, 0.5) is 0 Å². The number of thiocarbonyl (C=S) groups is 1. The molecule has 0 bridgehead atoms. The van der Waals surface area contributed by atoms with Crippen LogP contribution in [0, 0.1) is 0 Å². The van der Waals surface area contributed by atoms with Gasteiger partial charge in [0.2, 0.25) is 0 Å². The molecule has 0 aromatic carbocycles. The molecule has 0 aromatic heterocycles. The van der Waals surface area contributed by atoms with E-state index in [1.54, 1.807) is 23.9 Å². The number of aliphatic carboxylic acids is 2. The molecule has 0 rings (SSSR count). The highest BCUT2D eigenvalue weighted by Gasteiger charge is 2.14. The summed E-state index contributed by atoms with van der Waals surface area (Å²) in [5.41, 5.74) is 0. The normalized spacial score (nSPS) is 9.62. The topological polar surface area (TPSA) is 81.1 Å². The molecular weight excluding hydrogens is 232 g/mol. The molecule has 0 aliphatic rings. The van der Waals surface area contributed by atoms with Crippen molar-refractivity contribution in [2.45, 2.75) is 12.8 Å². The summed E-state index contributed by atoms with van der Waals surface area (Å²) >= 11 is 5.07. The fourth-order valence-electron chi connectivity index (χ4n) is 1.05. The molecule has 0 saturated carbocycles. The van der Waals surface area contributed by atoms with Crippen LogP contribution in [0.15, 0.2) is 0 Å². The van der Waals surface area contributed by atoms with E-state index in [1.165, 1.54) is 0 Å². The number of rotatable bonds is 6. The van der Waals surface area contributed by atoms with E-state index in [9.17, 15) is 9.59 Å². The standard InChI is InChI=1S/C9H16N2O4S/c1-10(2)9(16)11(5-3-7(12)13)6-4-8(14)15/h3-6H2,1-2H3,(H,12,13)(H,14,15). The molecule has 16 heavy (non-hydrogen) atoms. The van der Waals surface area contributed by atoms with Crippen molar-refractivity contribution < 1.29 is 19.8 Å². The fourth-order valence-corrected chi connectivity index (χ4v) is 1.23. The molecule has 7 heteroatoms. The van der Waals surface area contributed by atoms with Gasteiger partial charge in [-0.05, 0) is 12.2 Å². The number of nitrogens with zero attached hydrogens (tertiary/aromatic N) is 2. The van der Waals surface area contributed by atoms with E-state index in [4.69, 9.17) is 22.4 Å². The summed E-state index contributed by atoms with van der Waals surface area (Å²) in [5.74, 6) is -1.86. The Labute approximate surface area is 99.4 Å². The van der Waals surface area contributed by atoms with Gasteiger partial charge >= 0.3 is 11.9 Å². The van der Waals surface area contributed by atoms with Gasteiger partial charge in [0.05, 0.1) is 12.8 Å². The van der Waals surface area contributed by atoms with Crippen molar-refractivity contribution in [2.75, 3.05) is 27.2 Å². The molecule has 0 fully saturated rings. The molecule has 2 N–H and O–H groups in total. The van der Waals surface area contributed by atoms with Crippen molar-refractivity contribution in [3.05, 3.63) is 0 Å². The van der Waals surface area contributed by atoms with Crippen molar-refractivity contribution in [3.63, 3.8) is 0 Å². The highest BCUT2D eigenvalue weighted by atomic mass is 32.1. The third kappa shape index (κ3) is 6.18. The van der Waals surface area contributed by atoms with Crippen molar-refractivity contribution in [1.82, 2.24) is 9.80 Å². The Morgan fingerprint density at radius 3 is 1.69 bits per heavy atom. The average molecular weight is 248 g/mol. The summed E-state index contributed by atoms with van der Waals surface area (Å²) in [6, 6.07) is 0. The van der Waals surface area contributed by atoms with Crippen LogP contribution in [0.2, 0.25) is 0 Å². The van der Waals surface area contributed by atoms with Crippen molar-refractivity contribution in [3.8, 4) is 0 Å². The van der Waals surface area contributed by atoms with Crippen molar-refractivity contribution in [2.24, 2.45) is 0 Å². The van der Waals surface area contributed by atoms with Crippen LogP contribution in [0.1, 0.15) is 12.8 Å². The van der Waals surface area contributed by atoms with E-state index >= 15 is 0 Å². The predicted octanol–water partition coefficient (Wildman–Crippen LogP) is 0.0843. The Morgan fingerprint density at radius 2 is 1.44 bits per heavy atom. The molecule has 92 valence electrons. The van der Waals surface area contributed by atoms with Gasteiger partial charge < -0.3 is 20.0 Å². The Hall–Kier alpha value is -1.37. The quantitative estimate of drug-likeness (QED) is 0.644. The Bertz CT molecular complexity index is 263. The molecule has 0 aliphatic carbocycles. The lowest BCUT2D eigenvalue weighted by Crippen LogP contribution is -2.41. The highest BCUT2D eigenvalue weighted by Crippen LogP contribution is 2.00. The van der Waals surface area contributed by atoms with E-state index in [2.05, 4.69) is 0 Å². The van der Waals surface area contributed by atoms with Gasteiger partial charge in [-0.25, -0.2) is 0 Å². The van der Waals surface area contributed by atoms with Crippen LogP contribution in [0.25, 0.3) is 0 Å². The largest absolute Gasteiger partial charge is 0.481 e. The minimum atomic E-state index is -0.929. The number of carboxylic acid groups (broad SMARTS) is 2. The smallest absolute Gasteiger partial charge is 0.305 e. The summed E-state index contributed by atoms with van der Waals surface area (Å²) in [4.78, 5) is 24.1. The molecular formula is C9H16N2O4S. The summed E-state index contributed by atoms with van der Waals surface area (Å²) in [7, 11) is 3.47. The second-order valence-corrected chi connectivity index (χ2v) is 3.82. The fraction of sp³-hybridized carbons (Fsp3) is 0.667. The maximum atomic E-state index is 10.4. The van der Waals surface area contributed by atoms with Crippen LogP contribution in [-0.4, -0.2) is 64.2 Å². The zero-order chi connectivity index (χ0) is 12.7. The molecule has 0 heterocycles. The first-order chi connectivity index (χ1) is 7.34. The zero-order valence-electron chi connectivity index (χ0n) is 9.34. The summed E-state index contributed by atoms with van der Waals surface area (Å²) in [6.45, 7) is 0.444. The molecule has 0 unspecified atom stereocenters. The molecule has 0 aromatic rings. The van der Waals surface area contributed by atoms with Gasteiger partial charge in [-0.15, -0.1) is 0 Å². The second-order valence-electron chi connectivity index (χ2n) is 3.45. The molecule has 0 spiro atoms. The van der Waals surface area contributed by atoms with Gasteiger partial charge in [0.25, 0.3) is 0 Å². The first kappa shape index (κ1) is 14.6. The number of carboxylic acids is 2. The lowest BCUT2D eigenvalue weighted by Gasteiger charge is -2.28. The minimum Gasteiger partial charge on any atom is -0.481 e. The summed E-state index contributed by atoms with van der Waals surface area (Å²) in [5, 5.41) is 17.6. The van der Waals surface area contributed by atoms with E-state index in [-0.39, 0.29) is 25.9 Å². The Balaban J connectivity index is 4.31. The van der Waals surface area contributed by atoms with Gasteiger partial charge in [0, 0.05) is 27.2 Å². The zero-order valence-corrected chi connectivity index (χ0v) is 10.2. The van der Waals surface area contributed by atoms with Crippen LogP contribution in [0.3, 0.4) is 0 Å². The second kappa shape index (κ2) is 7.00.